The van der Waals surface area contributed by atoms with Crippen molar-refractivity contribution in [3.63, 3.8) is 0 Å². The number of rotatable bonds is 8. The van der Waals surface area contributed by atoms with Crippen LogP contribution in [-0.2, 0) is 11.3 Å². The summed E-state index contributed by atoms with van der Waals surface area (Å²) in [6, 6.07) is 16.3. The lowest BCUT2D eigenvalue weighted by Gasteiger charge is -2.27. The highest BCUT2D eigenvalue weighted by molar-refractivity contribution is 5.98. The zero-order valence-corrected chi connectivity index (χ0v) is 23.1. The molecule has 1 saturated heterocycles. The van der Waals surface area contributed by atoms with E-state index in [0.29, 0.717) is 11.5 Å². The van der Waals surface area contributed by atoms with Gasteiger partial charge in [-0.25, -0.2) is 4.79 Å². The summed E-state index contributed by atoms with van der Waals surface area (Å²) >= 11 is 0. The van der Waals surface area contributed by atoms with Gasteiger partial charge in [-0.3, -0.25) is 9.88 Å². The van der Waals surface area contributed by atoms with Crippen LogP contribution in [0.25, 0.3) is 33.3 Å². The summed E-state index contributed by atoms with van der Waals surface area (Å²) in [6.45, 7) is 5.05. The molecule has 1 N–H and O–H groups in total. The van der Waals surface area contributed by atoms with Crippen molar-refractivity contribution in [2.45, 2.75) is 44.6 Å². The normalized spacial score (nSPS) is 16.8. The third kappa shape index (κ3) is 5.23. The molecule has 0 spiro atoms. The molecule has 0 bridgehead atoms. The van der Waals surface area contributed by atoms with Crippen molar-refractivity contribution in [1.82, 2.24) is 14.5 Å². The lowest BCUT2D eigenvalue weighted by Crippen LogP contribution is -2.38. The van der Waals surface area contributed by atoms with Gasteiger partial charge in [0, 0.05) is 55.0 Å². The Morgan fingerprint density at radius 2 is 1.75 bits per heavy atom. The molecule has 0 atom stereocenters. The van der Waals surface area contributed by atoms with Crippen LogP contribution in [0, 0.1) is 0 Å². The molecule has 3 heterocycles. The first-order chi connectivity index (χ1) is 19.6. The molecule has 1 saturated carbocycles. The maximum Gasteiger partial charge on any atom is 0.335 e. The fraction of sp³-hybridized carbons (Fsp3) is 0.394. The van der Waals surface area contributed by atoms with Crippen LogP contribution in [0.4, 0.5) is 0 Å². The lowest BCUT2D eigenvalue weighted by atomic mass is 9.81. The van der Waals surface area contributed by atoms with Crippen LogP contribution in [-0.4, -0.2) is 65.5 Å². The van der Waals surface area contributed by atoms with E-state index in [0.717, 1.165) is 67.3 Å². The summed E-state index contributed by atoms with van der Waals surface area (Å²) in [4.78, 5) is 18.8. The highest BCUT2D eigenvalue weighted by Crippen LogP contribution is 2.45. The van der Waals surface area contributed by atoms with Gasteiger partial charge < -0.3 is 19.1 Å². The molecule has 7 nitrogen and oxygen atoms in total. The number of hydrogen-bond donors (Lipinski definition) is 1. The number of ether oxygens (including phenoxy) is 2. The Morgan fingerprint density at radius 3 is 2.48 bits per heavy atom. The van der Waals surface area contributed by atoms with E-state index in [1.54, 1.807) is 19.4 Å². The van der Waals surface area contributed by atoms with Crippen molar-refractivity contribution in [2.75, 3.05) is 40.0 Å². The SMILES string of the molecule is COc1ccncc1-c1ccc(-c2c(C3CCCCC3)c3ccc(C(=O)O)cc3n2CCN2CCOCC2)cc1. The van der Waals surface area contributed by atoms with Crippen LogP contribution in [0.5, 0.6) is 5.75 Å². The van der Waals surface area contributed by atoms with Gasteiger partial charge in [-0.2, -0.15) is 0 Å². The first kappa shape index (κ1) is 26.5. The predicted molar refractivity (Wildman–Crippen MR) is 157 cm³/mol. The van der Waals surface area contributed by atoms with Gasteiger partial charge in [0.25, 0.3) is 0 Å². The van der Waals surface area contributed by atoms with E-state index < -0.39 is 5.97 Å². The van der Waals surface area contributed by atoms with Crippen LogP contribution in [0.2, 0.25) is 0 Å². The van der Waals surface area contributed by atoms with E-state index in [1.165, 1.54) is 48.7 Å². The fourth-order valence-corrected chi connectivity index (χ4v) is 6.51. The molecule has 2 fully saturated rings. The first-order valence-electron chi connectivity index (χ1n) is 14.4. The number of methoxy groups -OCH3 is 1. The average Bonchev–Trinajstić information content (AvgIpc) is 3.34. The number of pyridine rings is 1. The van der Waals surface area contributed by atoms with Gasteiger partial charge in [-0.15, -0.1) is 0 Å². The molecule has 0 amide bonds. The zero-order valence-electron chi connectivity index (χ0n) is 23.1. The van der Waals surface area contributed by atoms with Gasteiger partial charge in [0.1, 0.15) is 5.75 Å². The second kappa shape index (κ2) is 11.8. The summed E-state index contributed by atoms with van der Waals surface area (Å²) < 4.78 is 13.6. The monoisotopic (exact) mass is 539 g/mol. The summed E-state index contributed by atoms with van der Waals surface area (Å²) in [7, 11) is 1.68. The third-order valence-electron chi connectivity index (χ3n) is 8.58. The van der Waals surface area contributed by atoms with E-state index >= 15 is 0 Å². The van der Waals surface area contributed by atoms with Crippen LogP contribution in [0.3, 0.4) is 0 Å². The van der Waals surface area contributed by atoms with Crippen molar-refractivity contribution in [1.29, 1.82) is 0 Å². The Hall–Kier alpha value is -3.68. The van der Waals surface area contributed by atoms with Crippen molar-refractivity contribution < 1.29 is 19.4 Å². The molecule has 4 aromatic rings. The van der Waals surface area contributed by atoms with E-state index in [2.05, 4.69) is 38.7 Å². The first-order valence-corrected chi connectivity index (χ1v) is 14.4. The maximum atomic E-state index is 12.0. The topological polar surface area (TPSA) is 76.8 Å². The molecule has 2 aliphatic rings. The molecule has 0 radical (unpaired) electrons. The summed E-state index contributed by atoms with van der Waals surface area (Å²) in [5.41, 5.74) is 7.12. The third-order valence-corrected chi connectivity index (χ3v) is 8.58. The molecule has 2 aromatic carbocycles. The molecular weight excluding hydrogens is 502 g/mol. The Morgan fingerprint density at radius 1 is 1.00 bits per heavy atom. The average molecular weight is 540 g/mol. The number of hydrogen-bond acceptors (Lipinski definition) is 5. The Kier molecular flexibility index (Phi) is 7.84. The number of nitrogens with zero attached hydrogens (tertiary/aromatic N) is 3. The van der Waals surface area contributed by atoms with Gasteiger partial charge in [0.05, 0.1) is 31.6 Å². The minimum Gasteiger partial charge on any atom is -0.496 e. The van der Waals surface area contributed by atoms with Gasteiger partial charge in [0.2, 0.25) is 0 Å². The van der Waals surface area contributed by atoms with E-state index in [-0.39, 0.29) is 0 Å². The Labute approximate surface area is 235 Å². The molecule has 7 heteroatoms. The van der Waals surface area contributed by atoms with Crippen LogP contribution >= 0.6 is 0 Å². The molecule has 6 rings (SSSR count). The zero-order chi connectivity index (χ0) is 27.5. The summed E-state index contributed by atoms with van der Waals surface area (Å²) in [6.07, 6.45) is 9.67. The van der Waals surface area contributed by atoms with Crippen LogP contribution in [0.15, 0.2) is 60.9 Å². The summed E-state index contributed by atoms with van der Waals surface area (Å²) in [5, 5.41) is 11.0. The number of carboxylic acids is 1. The van der Waals surface area contributed by atoms with Crippen molar-refractivity contribution in [3.8, 4) is 28.1 Å². The standard InChI is InChI=1S/C33H37N3O4/c1-39-30-13-14-34-22-28(30)23-7-9-25(10-8-23)32-31(24-5-3-2-4-6-24)27-12-11-26(33(37)38)21-29(27)36(32)16-15-35-17-19-40-20-18-35/h7-14,21-22,24H,2-6,15-20H2,1H3,(H,37,38). The second-order valence-corrected chi connectivity index (χ2v) is 10.9. The van der Waals surface area contributed by atoms with Crippen molar-refractivity contribution in [3.05, 3.63) is 72.1 Å². The van der Waals surface area contributed by atoms with Crippen LogP contribution in [0.1, 0.15) is 53.9 Å². The van der Waals surface area contributed by atoms with E-state index in [1.807, 2.05) is 24.4 Å². The number of carbonyl (C=O) groups is 1. The van der Waals surface area contributed by atoms with Gasteiger partial charge >= 0.3 is 5.97 Å². The number of carboxylic acid groups (broad SMARTS) is 1. The number of fused-ring (bicyclic) bond motifs is 1. The van der Waals surface area contributed by atoms with Gasteiger partial charge in [-0.1, -0.05) is 49.6 Å². The molecule has 1 aliphatic heterocycles. The fourth-order valence-electron chi connectivity index (χ4n) is 6.51. The smallest absolute Gasteiger partial charge is 0.335 e. The number of aromatic nitrogens is 2. The quantitative estimate of drug-likeness (QED) is 0.277. The van der Waals surface area contributed by atoms with E-state index in [9.17, 15) is 9.90 Å². The largest absolute Gasteiger partial charge is 0.496 e. The molecular formula is C33H37N3O4. The highest BCUT2D eigenvalue weighted by atomic mass is 16.5. The summed E-state index contributed by atoms with van der Waals surface area (Å²) in [5.74, 6) is 0.370. The predicted octanol–water partition coefficient (Wildman–Crippen LogP) is 6.46. The molecule has 208 valence electrons. The number of benzene rings is 2. The minimum absolute atomic E-state index is 0.332. The van der Waals surface area contributed by atoms with Crippen molar-refractivity contribution in [2.24, 2.45) is 0 Å². The minimum atomic E-state index is -0.890. The Balaban J connectivity index is 1.50. The maximum absolute atomic E-state index is 12.0. The van der Waals surface area contributed by atoms with Crippen LogP contribution < -0.4 is 4.74 Å². The molecule has 0 unspecified atom stereocenters. The van der Waals surface area contributed by atoms with E-state index in [4.69, 9.17) is 9.47 Å². The molecule has 40 heavy (non-hydrogen) atoms. The number of morpholine rings is 1. The molecule has 2 aromatic heterocycles. The highest BCUT2D eigenvalue weighted by Gasteiger charge is 2.27. The molecule has 1 aliphatic carbocycles. The van der Waals surface area contributed by atoms with Gasteiger partial charge in [0.15, 0.2) is 0 Å². The van der Waals surface area contributed by atoms with Crippen molar-refractivity contribution >= 4 is 16.9 Å². The number of aromatic carboxylic acids is 1. The lowest BCUT2D eigenvalue weighted by molar-refractivity contribution is 0.0366. The Bertz CT molecular complexity index is 1480. The van der Waals surface area contributed by atoms with Gasteiger partial charge in [-0.05, 0) is 53.6 Å². The second-order valence-electron chi connectivity index (χ2n) is 10.9.